The number of aryl methyl sites for hydroxylation is 1. The fraction of sp³-hybridized carbons (Fsp3) is 0.600. The van der Waals surface area contributed by atoms with Crippen LogP contribution in [0.5, 0.6) is 0 Å². The molecule has 92 valence electrons. The Labute approximate surface area is 103 Å². The van der Waals surface area contributed by atoms with Crippen molar-refractivity contribution in [1.29, 1.82) is 0 Å². The van der Waals surface area contributed by atoms with Gasteiger partial charge in [-0.25, -0.2) is 0 Å². The van der Waals surface area contributed by atoms with Crippen LogP contribution in [-0.2, 0) is 11.8 Å². The molecule has 1 aliphatic heterocycles. The molecule has 1 N–H and O–H groups in total. The summed E-state index contributed by atoms with van der Waals surface area (Å²) in [7, 11) is 0. The van der Waals surface area contributed by atoms with Crippen LogP contribution in [0.15, 0.2) is 24.3 Å². The third kappa shape index (κ3) is 1.90. The van der Waals surface area contributed by atoms with Gasteiger partial charge in [-0.05, 0) is 55.3 Å². The second kappa shape index (κ2) is 4.43. The van der Waals surface area contributed by atoms with Crippen LogP contribution in [0.25, 0.3) is 0 Å². The van der Waals surface area contributed by atoms with E-state index in [1.807, 2.05) is 0 Å². The molecule has 1 aromatic carbocycles. The van der Waals surface area contributed by atoms with Crippen molar-refractivity contribution in [2.45, 2.75) is 31.1 Å². The molecule has 0 bridgehead atoms. The molecule has 0 unspecified atom stereocenters. The maximum Gasteiger partial charge on any atom is 0.0558 e. The number of benzene rings is 1. The van der Waals surface area contributed by atoms with Gasteiger partial charge in [0, 0.05) is 6.54 Å². The molecule has 2 heteroatoms. The van der Waals surface area contributed by atoms with Crippen molar-refractivity contribution in [2.75, 3.05) is 26.2 Å². The zero-order chi connectivity index (χ0) is 11.7. The molecule has 2 aliphatic rings. The van der Waals surface area contributed by atoms with E-state index in [1.54, 1.807) is 11.1 Å². The van der Waals surface area contributed by atoms with Gasteiger partial charge in [-0.2, -0.15) is 0 Å². The van der Waals surface area contributed by atoms with Crippen molar-refractivity contribution < 1.29 is 5.11 Å². The minimum atomic E-state index is 0.295. The van der Waals surface area contributed by atoms with Crippen molar-refractivity contribution in [3.05, 3.63) is 35.4 Å². The third-order valence-corrected chi connectivity index (χ3v) is 4.69. The molecule has 1 aliphatic carbocycles. The molecule has 0 amide bonds. The summed E-state index contributed by atoms with van der Waals surface area (Å²) < 4.78 is 0. The first-order valence-electron chi connectivity index (χ1n) is 6.76. The lowest BCUT2D eigenvalue weighted by atomic mass is 9.74. The Kier molecular flexibility index (Phi) is 2.93. The summed E-state index contributed by atoms with van der Waals surface area (Å²) in [6.45, 7) is 3.44. The lowest BCUT2D eigenvalue weighted by Crippen LogP contribution is -2.42. The van der Waals surface area contributed by atoms with Crippen LogP contribution < -0.4 is 0 Å². The van der Waals surface area contributed by atoms with Gasteiger partial charge < -0.3 is 10.0 Å². The van der Waals surface area contributed by atoms with Crippen molar-refractivity contribution in [3.8, 4) is 0 Å². The number of aliphatic hydroxyl groups excluding tert-OH is 1. The predicted octanol–water partition coefficient (Wildman–Crippen LogP) is 1.96. The molecule has 2 nitrogen and oxygen atoms in total. The summed E-state index contributed by atoms with van der Waals surface area (Å²) in [5.74, 6) is 0. The predicted molar refractivity (Wildman–Crippen MR) is 69.2 cm³/mol. The normalized spacial score (nSPS) is 22.9. The smallest absolute Gasteiger partial charge is 0.0558 e. The molecule has 1 fully saturated rings. The van der Waals surface area contributed by atoms with Gasteiger partial charge in [0.1, 0.15) is 0 Å². The highest BCUT2D eigenvalue weighted by atomic mass is 16.3. The van der Waals surface area contributed by atoms with Crippen LogP contribution in [0.1, 0.15) is 30.4 Å². The SMILES string of the molecule is OCCN1CCC2(CCc3ccccc32)CC1. The molecule has 0 aromatic heterocycles. The number of nitrogens with zero attached hydrogens (tertiary/aromatic N) is 1. The van der Waals surface area contributed by atoms with Gasteiger partial charge in [-0.1, -0.05) is 24.3 Å². The Hall–Kier alpha value is -0.860. The summed E-state index contributed by atoms with van der Waals surface area (Å²) in [4.78, 5) is 2.40. The van der Waals surface area contributed by atoms with Crippen LogP contribution in [-0.4, -0.2) is 36.2 Å². The summed E-state index contributed by atoms with van der Waals surface area (Å²) in [6.07, 6.45) is 5.13. The molecular weight excluding hydrogens is 210 g/mol. The molecule has 3 rings (SSSR count). The fourth-order valence-electron chi connectivity index (χ4n) is 3.63. The summed E-state index contributed by atoms with van der Waals surface area (Å²) in [5.41, 5.74) is 3.65. The Balaban J connectivity index is 1.78. The number of piperidine rings is 1. The van der Waals surface area contributed by atoms with E-state index in [1.165, 1.54) is 25.7 Å². The van der Waals surface area contributed by atoms with Gasteiger partial charge in [0.2, 0.25) is 0 Å². The van der Waals surface area contributed by atoms with E-state index in [-0.39, 0.29) is 0 Å². The van der Waals surface area contributed by atoms with Crippen molar-refractivity contribution >= 4 is 0 Å². The fourth-order valence-corrected chi connectivity index (χ4v) is 3.63. The van der Waals surface area contributed by atoms with Crippen molar-refractivity contribution in [3.63, 3.8) is 0 Å². The monoisotopic (exact) mass is 231 g/mol. The van der Waals surface area contributed by atoms with Crippen molar-refractivity contribution in [2.24, 2.45) is 0 Å². The standard InChI is InChI=1S/C15H21NO/c17-12-11-16-9-7-15(8-10-16)6-5-13-3-1-2-4-14(13)15/h1-4,17H,5-12H2. The molecule has 1 saturated heterocycles. The van der Waals surface area contributed by atoms with Crippen LogP contribution in [0.3, 0.4) is 0 Å². The number of β-amino-alcohol motifs (C(OH)–C–C–N with tert-alkyl or cyclic N) is 1. The van der Waals surface area contributed by atoms with Crippen LogP contribution in [0, 0.1) is 0 Å². The van der Waals surface area contributed by atoms with E-state index in [0.29, 0.717) is 12.0 Å². The Morgan fingerprint density at radius 1 is 1.12 bits per heavy atom. The first-order chi connectivity index (χ1) is 8.34. The summed E-state index contributed by atoms with van der Waals surface area (Å²) in [5, 5.41) is 8.99. The Bertz CT molecular complexity index is 394. The molecule has 0 atom stereocenters. The number of aliphatic hydroxyl groups is 1. The second-order valence-electron chi connectivity index (χ2n) is 5.50. The lowest BCUT2D eigenvalue weighted by Gasteiger charge is -2.40. The highest BCUT2D eigenvalue weighted by Crippen LogP contribution is 2.45. The highest BCUT2D eigenvalue weighted by molar-refractivity contribution is 5.39. The first-order valence-corrected chi connectivity index (χ1v) is 6.76. The topological polar surface area (TPSA) is 23.5 Å². The van der Waals surface area contributed by atoms with E-state index in [0.717, 1.165) is 19.6 Å². The molecule has 0 saturated carbocycles. The van der Waals surface area contributed by atoms with Gasteiger partial charge in [-0.3, -0.25) is 0 Å². The molecule has 17 heavy (non-hydrogen) atoms. The van der Waals surface area contributed by atoms with Gasteiger partial charge in [0.05, 0.1) is 6.61 Å². The van der Waals surface area contributed by atoms with E-state index in [9.17, 15) is 0 Å². The highest BCUT2D eigenvalue weighted by Gasteiger charge is 2.40. The van der Waals surface area contributed by atoms with E-state index >= 15 is 0 Å². The summed E-state index contributed by atoms with van der Waals surface area (Å²) >= 11 is 0. The Morgan fingerprint density at radius 3 is 2.65 bits per heavy atom. The largest absolute Gasteiger partial charge is 0.395 e. The maximum absolute atomic E-state index is 8.99. The Morgan fingerprint density at radius 2 is 1.88 bits per heavy atom. The van der Waals surface area contributed by atoms with Crippen molar-refractivity contribution in [1.82, 2.24) is 4.90 Å². The number of fused-ring (bicyclic) bond motifs is 2. The molecule has 1 heterocycles. The number of hydrogen-bond donors (Lipinski definition) is 1. The van der Waals surface area contributed by atoms with Crippen LogP contribution in [0.2, 0.25) is 0 Å². The average molecular weight is 231 g/mol. The van der Waals surface area contributed by atoms with E-state index in [2.05, 4.69) is 29.2 Å². The van der Waals surface area contributed by atoms with E-state index < -0.39 is 0 Å². The summed E-state index contributed by atoms with van der Waals surface area (Å²) in [6, 6.07) is 8.99. The molecule has 1 aromatic rings. The molecule has 1 spiro atoms. The van der Waals surface area contributed by atoms with Crippen LogP contribution in [0.4, 0.5) is 0 Å². The third-order valence-electron chi connectivity index (χ3n) is 4.69. The van der Waals surface area contributed by atoms with Gasteiger partial charge in [-0.15, -0.1) is 0 Å². The minimum absolute atomic E-state index is 0.295. The number of rotatable bonds is 2. The first kappa shape index (κ1) is 11.2. The number of hydrogen-bond acceptors (Lipinski definition) is 2. The van der Waals surface area contributed by atoms with E-state index in [4.69, 9.17) is 5.11 Å². The second-order valence-corrected chi connectivity index (χ2v) is 5.50. The minimum Gasteiger partial charge on any atom is -0.395 e. The number of likely N-dealkylation sites (tertiary alicyclic amines) is 1. The van der Waals surface area contributed by atoms with Gasteiger partial charge in [0.15, 0.2) is 0 Å². The van der Waals surface area contributed by atoms with Gasteiger partial charge >= 0.3 is 0 Å². The van der Waals surface area contributed by atoms with Gasteiger partial charge in [0.25, 0.3) is 0 Å². The lowest BCUT2D eigenvalue weighted by molar-refractivity contribution is 0.131. The average Bonchev–Trinajstić information content (AvgIpc) is 2.73. The zero-order valence-electron chi connectivity index (χ0n) is 10.4. The zero-order valence-corrected chi connectivity index (χ0v) is 10.4. The molecule has 0 radical (unpaired) electrons. The maximum atomic E-state index is 8.99. The van der Waals surface area contributed by atoms with Crippen LogP contribution >= 0.6 is 0 Å². The molecular formula is C15H21NO. The quantitative estimate of drug-likeness (QED) is 0.841.